The Labute approximate surface area is 154 Å². The molecule has 0 aromatic heterocycles. The largest absolute Gasteiger partial charge is 1.00 e. The standard InChI is InChI=1S/C12H21NO9.Na/c1-5(15)13-8-6(16)3-12(21-2,11(19)20)22-10(8)9(18)7(17)4-14;/h6-10,14,16-18H,3-4H2,1-2H3,(H,13,15)(H,19,20);/q;+1/p-1/t6?,7-,8?,9+,10?,12?;/m1./s1. The predicted molar refractivity (Wildman–Crippen MR) is 66.9 cm³/mol. The van der Waals surface area contributed by atoms with E-state index in [1.54, 1.807) is 0 Å². The third-order valence-corrected chi connectivity index (χ3v) is 3.50. The van der Waals surface area contributed by atoms with E-state index < -0.39 is 61.1 Å². The molecule has 5 N–H and O–H groups in total. The van der Waals surface area contributed by atoms with Gasteiger partial charge in [-0.3, -0.25) is 4.79 Å². The number of aliphatic carboxylic acids is 1. The zero-order chi connectivity index (χ0) is 17.1. The van der Waals surface area contributed by atoms with E-state index in [2.05, 4.69) is 5.32 Å². The number of methoxy groups -OCH3 is 1. The molecule has 4 unspecified atom stereocenters. The van der Waals surface area contributed by atoms with E-state index in [0.717, 1.165) is 14.0 Å². The molecule has 0 saturated carbocycles. The summed E-state index contributed by atoms with van der Waals surface area (Å²) < 4.78 is 9.92. The van der Waals surface area contributed by atoms with Crippen LogP contribution in [-0.4, -0.2) is 82.3 Å². The van der Waals surface area contributed by atoms with Crippen LogP contribution < -0.4 is 40.0 Å². The van der Waals surface area contributed by atoms with Gasteiger partial charge in [0.2, 0.25) is 11.7 Å². The monoisotopic (exact) mass is 345 g/mol. The van der Waals surface area contributed by atoms with E-state index in [1.807, 2.05) is 0 Å². The Hall–Kier alpha value is -0.300. The molecule has 128 valence electrons. The van der Waals surface area contributed by atoms with Crippen molar-refractivity contribution in [3.63, 3.8) is 0 Å². The second-order valence-corrected chi connectivity index (χ2v) is 5.07. The number of carbonyl (C=O) groups is 2. The van der Waals surface area contributed by atoms with Crippen molar-refractivity contribution in [2.45, 2.75) is 49.6 Å². The third kappa shape index (κ3) is 5.08. The Morgan fingerprint density at radius 2 is 2.04 bits per heavy atom. The number of amides is 1. The number of ether oxygens (including phenoxy) is 2. The molecule has 1 aliphatic rings. The normalized spacial score (nSPS) is 33.2. The zero-order valence-electron chi connectivity index (χ0n) is 13.1. The minimum Gasteiger partial charge on any atom is -0.544 e. The summed E-state index contributed by atoms with van der Waals surface area (Å²) in [5.41, 5.74) is 0. The minimum atomic E-state index is -2.35. The maximum Gasteiger partial charge on any atom is 1.00 e. The summed E-state index contributed by atoms with van der Waals surface area (Å²) in [6, 6.07) is -1.21. The van der Waals surface area contributed by atoms with Crippen molar-refractivity contribution in [3.8, 4) is 0 Å². The zero-order valence-corrected chi connectivity index (χ0v) is 15.1. The number of hydrogen-bond acceptors (Lipinski definition) is 9. The van der Waals surface area contributed by atoms with Gasteiger partial charge in [0.05, 0.1) is 18.8 Å². The Morgan fingerprint density at radius 1 is 1.48 bits per heavy atom. The average molecular weight is 345 g/mol. The molecule has 1 amide bonds. The molecule has 1 rings (SSSR count). The van der Waals surface area contributed by atoms with Crippen LogP contribution >= 0.6 is 0 Å². The molecule has 1 fully saturated rings. The first kappa shape index (κ1) is 22.7. The van der Waals surface area contributed by atoms with Gasteiger partial charge in [-0.05, 0) is 0 Å². The van der Waals surface area contributed by atoms with Gasteiger partial charge >= 0.3 is 29.6 Å². The Kier molecular flexibility index (Phi) is 9.13. The Morgan fingerprint density at radius 3 is 2.43 bits per heavy atom. The van der Waals surface area contributed by atoms with E-state index in [1.165, 1.54) is 0 Å². The van der Waals surface area contributed by atoms with E-state index in [-0.39, 0.29) is 29.6 Å². The van der Waals surface area contributed by atoms with Crippen molar-refractivity contribution in [2.24, 2.45) is 0 Å². The van der Waals surface area contributed by atoms with Gasteiger partial charge in [-0.25, -0.2) is 0 Å². The van der Waals surface area contributed by atoms with Gasteiger partial charge in [0.25, 0.3) is 0 Å². The van der Waals surface area contributed by atoms with Crippen molar-refractivity contribution in [1.82, 2.24) is 5.32 Å². The van der Waals surface area contributed by atoms with Crippen molar-refractivity contribution in [3.05, 3.63) is 0 Å². The van der Waals surface area contributed by atoms with Crippen LogP contribution in [0.2, 0.25) is 0 Å². The smallest absolute Gasteiger partial charge is 0.544 e. The van der Waals surface area contributed by atoms with Gasteiger partial charge in [-0.2, -0.15) is 0 Å². The number of carbonyl (C=O) groups excluding carboxylic acids is 2. The summed E-state index contributed by atoms with van der Waals surface area (Å²) in [7, 11) is 1.01. The van der Waals surface area contributed by atoms with E-state index in [0.29, 0.717) is 0 Å². The maximum atomic E-state index is 11.2. The van der Waals surface area contributed by atoms with Gasteiger partial charge in [0.15, 0.2) is 0 Å². The molecule has 11 heteroatoms. The van der Waals surface area contributed by atoms with Crippen LogP contribution in [0.15, 0.2) is 0 Å². The molecule has 0 aromatic rings. The summed E-state index contributed by atoms with van der Waals surface area (Å²) in [5, 5.41) is 52.0. The van der Waals surface area contributed by atoms with Crippen LogP contribution in [0.1, 0.15) is 13.3 Å². The molecule has 0 radical (unpaired) electrons. The number of nitrogens with one attached hydrogen (secondary N) is 1. The van der Waals surface area contributed by atoms with Crippen LogP contribution in [0, 0.1) is 0 Å². The number of carboxylic acids is 1. The first-order chi connectivity index (χ1) is 10.2. The molecule has 1 heterocycles. The molecule has 0 spiro atoms. The summed E-state index contributed by atoms with van der Waals surface area (Å²) in [6.45, 7) is 0.310. The van der Waals surface area contributed by atoms with Crippen LogP contribution in [-0.2, 0) is 19.1 Å². The fraction of sp³-hybridized carbons (Fsp3) is 0.833. The fourth-order valence-electron chi connectivity index (χ4n) is 2.33. The molecular weight excluding hydrogens is 325 g/mol. The van der Waals surface area contributed by atoms with Crippen LogP contribution in [0.4, 0.5) is 0 Å². The topological polar surface area (TPSA) is 169 Å². The first-order valence-corrected chi connectivity index (χ1v) is 6.55. The molecule has 23 heavy (non-hydrogen) atoms. The minimum absolute atomic E-state index is 0. The van der Waals surface area contributed by atoms with Crippen LogP contribution in [0.3, 0.4) is 0 Å². The summed E-state index contributed by atoms with van der Waals surface area (Å²) >= 11 is 0. The van der Waals surface area contributed by atoms with Gasteiger partial charge in [0.1, 0.15) is 24.3 Å². The molecular formula is C12H20NNaO9. The summed E-state index contributed by atoms with van der Waals surface area (Å²) in [5.74, 6) is -4.71. The number of carboxylic acid groups (broad SMARTS) is 1. The molecule has 1 aliphatic heterocycles. The van der Waals surface area contributed by atoms with E-state index in [4.69, 9.17) is 14.6 Å². The van der Waals surface area contributed by atoms with Crippen molar-refractivity contribution >= 4 is 11.9 Å². The second kappa shape index (κ2) is 9.25. The molecule has 1 saturated heterocycles. The maximum absolute atomic E-state index is 11.2. The van der Waals surface area contributed by atoms with E-state index in [9.17, 15) is 30.0 Å². The first-order valence-electron chi connectivity index (χ1n) is 6.55. The number of aliphatic hydroxyl groups excluding tert-OH is 4. The Balaban J connectivity index is 0.00000484. The second-order valence-electron chi connectivity index (χ2n) is 5.07. The van der Waals surface area contributed by atoms with Gasteiger partial charge in [-0.15, -0.1) is 0 Å². The summed E-state index contributed by atoms with van der Waals surface area (Å²) in [6.07, 6.45) is -7.03. The molecule has 0 aliphatic carbocycles. The quantitative estimate of drug-likeness (QED) is 0.294. The molecule has 0 aromatic carbocycles. The predicted octanol–water partition coefficient (Wildman–Crippen LogP) is -7.55. The van der Waals surface area contributed by atoms with E-state index >= 15 is 0 Å². The van der Waals surface area contributed by atoms with Gasteiger partial charge in [-0.1, -0.05) is 0 Å². The summed E-state index contributed by atoms with van der Waals surface area (Å²) in [4.78, 5) is 22.4. The molecule has 6 atom stereocenters. The number of rotatable bonds is 6. The molecule has 0 bridgehead atoms. The SMILES string of the molecule is COC1(C(=O)[O-])CC(O)C(NC(C)=O)C([C@@H](O)[C@H](O)CO)O1.[Na+]. The number of hydrogen-bond donors (Lipinski definition) is 5. The van der Waals surface area contributed by atoms with Gasteiger partial charge in [0, 0.05) is 20.5 Å². The van der Waals surface area contributed by atoms with Crippen LogP contribution in [0.25, 0.3) is 0 Å². The van der Waals surface area contributed by atoms with Gasteiger partial charge < -0.3 is 45.1 Å². The average Bonchev–Trinajstić information content (AvgIpc) is 2.46. The van der Waals surface area contributed by atoms with Crippen molar-refractivity contribution in [1.29, 1.82) is 0 Å². The third-order valence-electron chi connectivity index (χ3n) is 3.50. The van der Waals surface area contributed by atoms with Crippen molar-refractivity contribution < 1.29 is 74.2 Å². The van der Waals surface area contributed by atoms with Crippen molar-refractivity contribution in [2.75, 3.05) is 13.7 Å². The Bertz CT molecular complexity index is 423. The molecule has 10 nitrogen and oxygen atoms in total. The fourth-order valence-corrected chi connectivity index (χ4v) is 2.33. The van der Waals surface area contributed by atoms with Crippen LogP contribution in [0.5, 0.6) is 0 Å². The number of aliphatic hydroxyl groups is 4.